The van der Waals surface area contributed by atoms with Gasteiger partial charge in [-0.2, -0.15) is 0 Å². The first-order valence-corrected chi connectivity index (χ1v) is 11.0. The molecule has 180 valence electrons. The molecular weight excluding hydrogens is 452 g/mol. The topological polar surface area (TPSA) is 126 Å². The summed E-state index contributed by atoms with van der Waals surface area (Å²) in [6, 6.07) is 12.5. The first kappa shape index (κ1) is 25.4. The number of rotatable bonds is 8. The van der Waals surface area contributed by atoms with Crippen molar-refractivity contribution in [2.45, 2.75) is 56.9 Å². The van der Waals surface area contributed by atoms with Crippen LogP contribution in [0.1, 0.15) is 36.6 Å². The number of halogens is 1. The summed E-state index contributed by atoms with van der Waals surface area (Å²) in [4.78, 5) is 11.0. The molecule has 4 N–H and O–H groups in total. The number of benzene rings is 2. The molecule has 2 aromatic rings. The van der Waals surface area contributed by atoms with E-state index in [1.54, 1.807) is 25.1 Å². The van der Waals surface area contributed by atoms with Crippen molar-refractivity contribution in [3.8, 4) is 5.75 Å². The summed E-state index contributed by atoms with van der Waals surface area (Å²) < 4.78 is 16.3. The maximum Gasteiger partial charge on any atom is 0.303 e. The molecule has 8 nitrogen and oxygen atoms in total. The molecule has 3 rings (SSSR count). The molecule has 9 heteroatoms. The van der Waals surface area contributed by atoms with E-state index in [9.17, 15) is 25.2 Å². The molecule has 1 fully saturated rings. The van der Waals surface area contributed by atoms with E-state index in [4.69, 9.17) is 25.8 Å². The van der Waals surface area contributed by atoms with Crippen LogP contribution in [0.3, 0.4) is 0 Å². The van der Waals surface area contributed by atoms with Crippen LogP contribution in [-0.2, 0) is 20.7 Å². The number of hydrogen-bond donors (Lipinski definition) is 4. The van der Waals surface area contributed by atoms with Crippen LogP contribution in [0, 0.1) is 0 Å². The lowest BCUT2D eigenvalue weighted by molar-refractivity contribution is -0.231. The predicted molar refractivity (Wildman–Crippen MR) is 120 cm³/mol. The predicted octanol–water partition coefficient (Wildman–Crippen LogP) is 1.78. The summed E-state index contributed by atoms with van der Waals surface area (Å²) in [5.41, 5.74) is 2.32. The zero-order valence-corrected chi connectivity index (χ0v) is 19.2. The van der Waals surface area contributed by atoms with Gasteiger partial charge in [-0.1, -0.05) is 35.9 Å². The van der Waals surface area contributed by atoms with Crippen LogP contribution < -0.4 is 4.74 Å². The average Bonchev–Trinajstić information content (AvgIpc) is 2.78. The van der Waals surface area contributed by atoms with E-state index >= 15 is 0 Å². The Morgan fingerprint density at radius 1 is 1.09 bits per heavy atom. The summed E-state index contributed by atoms with van der Waals surface area (Å²) in [6.45, 7) is 2.85. The molecule has 0 saturated carbocycles. The third-order valence-electron chi connectivity index (χ3n) is 5.46. The number of aliphatic hydroxyl groups is 4. The Balaban J connectivity index is 1.69. The van der Waals surface area contributed by atoms with Crippen LogP contribution in [0.4, 0.5) is 0 Å². The standard InChI is InChI=1S/C24H29ClO8/c1-13(32-14(2)27)12-31-18-6-3-15(4-7-18)9-17-10-16(5-8-19(17)25)24-23(30)22(29)21(28)20(11-26)33-24/h3-8,10,13,20-24,26,28-30H,9,11-12H2,1-2H3/t13-,20+,21+,22-,23+,24-/m0/s1. The van der Waals surface area contributed by atoms with Crippen LogP contribution >= 0.6 is 11.6 Å². The molecule has 0 spiro atoms. The fourth-order valence-electron chi connectivity index (χ4n) is 3.74. The second-order valence-electron chi connectivity index (χ2n) is 8.15. The molecule has 1 heterocycles. The highest BCUT2D eigenvalue weighted by atomic mass is 35.5. The fourth-order valence-corrected chi connectivity index (χ4v) is 3.92. The Kier molecular flexibility index (Phi) is 8.69. The van der Waals surface area contributed by atoms with Gasteiger partial charge in [0, 0.05) is 11.9 Å². The number of aliphatic hydroxyl groups excluding tert-OH is 4. The minimum Gasteiger partial charge on any atom is -0.490 e. The van der Waals surface area contributed by atoms with Crippen LogP contribution in [0.5, 0.6) is 5.75 Å². The SMILES string of the molecule is CC(=O)O[C@@H](C)COc1ccc(Cc2cc([C@@H]3O[C@H](CO)[C@@H](O)[C@H](O)[C@H]3O)ccc2Cl)cc1. The third kappa shape index (κ3) is 6.44. The highest BCUT2D eigenvalue weighted by Crippen LogP contribution is 2.34. The van der Waals surface area contributed by atoms with Crippen LogP contribution in [0.25, 0.3) is 0 Å². The second kappa shape index (κ2) is 11.3. The summed E-state index contributed by atoms with van der Waals surface area (Å²) in [5, 5.41) is 40.4. The Morgan fingerprint density at radius 3 is 2.42 bits per heavy atom. The van der Waals surface area contributed by atoms with Crippen LogP contribution in [0.2, 0.25) is 5.02 Å². The van der Waals surface area contributed by atoms with E-state index in [1.165, 1.54) is 6.92 Å². The van der Waals surface area contributed by atoms with E-state index < -0.39 is 37.1 Å². The second-order valence-corrected chi connectivity index (χ2v) is 8.56. The van der Waals surface area contributed by atoms with Gasteiger partial charge in [0.15, 0.2) is 0 Å². The van der Waals surface area contributed by atoms with Crippen molar-refractivity contribution in [2.75, 3.05) is 13.2 Å². The van der Waals surface area contributed by atoms with Gasteiger partial charge in [0.05, 0.1) is 6.61 Å². The van der Waals surface area contributed by atoms with E-state index in [1.807, 2.05) is 24.3 Å². The summed E-state index contributed by atoms with van der Waals surface area (Å²) in [5.74, 6) is 0.281. The van der Waals surface area contributed by atoms with Crippen molar-refractivity contribution in [3.05, 3.63) is 64.2 Å². The van der Waals surface area contributed by atoms with Crippen molar-refractivity contribution in [1.82, 2.24) is 0 Å². The smallest absolute Gasteiger partial charge is 0.303 e. The molecule has 1 saturated heterocycles. The van der Waals surface area contributed by atoms with Crippen LogP contribution in [0.15, 0.2) is 42.5 Å². The number of carbonyl (C=O) groups excluding carboxylic acids is 1. The van der Waals surface area contributed by atoms with E-state index in [0.717, 1.165) is 11.1 Å². The number of esters is 1. The van der Waals surface area contributed by atoms with E-state index in [2.05, 4.69) is 0 Å². The third-order valence-corrected chi connectivity index (χ3v) is 5.83. The Hall–Kier alpha value is -2.20. The Labute approximate surface area is 197 Å². The normalized spacial score (nSPS) is 26.0. The van der Waals surface area contributed by atoms with Crippen molar-refractivity contribution in [3.63, 3.8) is 0 Å². The van der Waals surface area contributed by atoms with E-state index in [0.29, 0.717) is 22.8 Å². The first-order chi connectivity index (χ1) is 15.7. The van der Waals surface area contributed by atoms with Gasteiger partial charge >= 0.3 is 5.97 Å². The van der Waals surface area contributed by atoms with Gasteiger partial charge in [0.2, 0.25) is 0 Å². The molecule has 2 aromatic carbocycles. The van der Waals surface area contributed by atoms with Crippen LogP contribution in [-0.4, -0.2) is 70.1 Å². The fraction of sp³-hybridized carbons (Fsp3) is 0.458. The lowest BCUT2D eigenvalue weighted by Crippen LogP contribution is -2.55. The van der Waals surface area contributed by atoms with Crippen molar-refractivity contribution < 1.29 is 39.4 Å². The van der Waals surface area contributed by atoms with Gasteiger partial charge in [0.1, 0.15) is 49.0 Å². The zero-order valence-electron chi connectivity index (χ0n) is 18.4. The first-order valence-electron chi connectivity index (χ1n) is 10.7. The quantitative estimate of drug-likeness (QED) is 0.421. The highest BCUT2D eigenvalue weighted by molar-refractivity contribution is 6.31. The molecule has 0 radical (unpaired) electrons. The molecule has 0 amide bonds. The van der Waals surface area contributed by atoms with Gasteiger partial charge < -0.3 is 34.6 Å². The highest BCUT2D eigenvalue weighted by Gasteiger charge is 2.44. The summed E-state index contributed by atoms with van der Waals surface area (Å²) >= 11 is 6.39. The van der Waals surface area contributed by atoms with Gasteiger partial charge in [0.25, 0.3) is 0 Å². The van der Waals surface area contributed by atoms with E-state index in [-0.39, 0.29) is 18.7 Å². The molecular formula is C24H29ClO8. The minimum atomic E-state index is -1.45. The molecule has 6 atom stereocenters. The van der Waals surface area contributed by atoms with Crippen molar-refractivity contribution in [1.29, 1.82) is 0 Å². The van der Waals surface area contributed by atoms with Gasteiger partial charge in [-0.15, -0.1) is 0 Å². The Bertz CT molecular complexity index is 933. The van der Waals surface area contributed by atoms with Crippen molar-refractivity contribution in [2.24, 2.45) is 0 Å². The maximum absolute atomic E-state index is 11.0. The number of hydrogen-bond acceptors (Lipinski definition) is 8. The molecule has 0 aliphatic carbocycles. The van der Waals surface area contributed by atoms with Gasteiger partial charge in [-0.25, -0.2) is 0 Å². The number of ether oxygens (including phenoxy) is 3. The molecule has 1 aliphatic rings. The zero-order chi connectivity index (χ0) is 24.1. The minimum absolute atomic E-state index is 0.242. The Morgan fingerprint density at radius 2 is 1.79 bits per heavy atom. The molecule has 0 aromatic heterocycles. The molecule has 1 aliphatic heterocycles. The lowest BCUT2D eigenvalue weighted by atomic mass is 9.90. The average molecular weight is 481 g/mol. The van der Waals surface area contributed by atoms with Crippen molar-refractivity contribution >= 4 is 17.6 Å². The molecule has 33 heavy (non-hydrogen) atoms. The number of carbonyl (C=O) groups is 1. The monoisotopic (exact) mass is 480 g/mol. The van der Waals surface area contributed by atoms with Gasteiger partial charge in [-0.05, 0) is 48.2 Å². The summed E-state index contributed by atoms with van der Waals surface area (Å²) in [6.07, 6.45) is -5.99. The van der Waals surface area contributed by atoms with Gasteiger partial charge in [-0.3, -0.25) is 4.79 Å². The largest absolute Gasteiger partial charge is 0.490 e. The maximum atomic E-state index is 11.0. The molecule has 0 unspecified atom stereocenters. The summed E-state index contributed by atoms with van der Waals surface area (Å²) in [7, 11) is 0. The molecule has 0 bridgehead atoms. The lowest BCUT2D eigenvalue weighted by Gasteiger charge is -2.40.